The van der Waals surface area contributed by atoms with E-state index in [1.165, 1.54) is 44.9 Å². The monoisotopic (exact) mass is 180 g/mol. The van der Waals surface area contributed by atoms with E-state index in [1.807, 2.05) is 7.11 Å². The number of rotatable bonds is 1. The van der Waals surface area contributed by atoms with Gasteiger partial charge in [0.1, 0.15) is 0 Å². The van der Waals surface area contributed by atoms with Crippen molar-refractivity contribution in [3.63, 3.8) is 0 Å². The van der Waals surface area contributed by atoms with E-state index in [-0.39, 0.29) is 0 Å². The van der Waals surface area contributed by atoms with Crippen molar-refractivity contribution >= 4 is 0 Å². The first-order valence-corrected chi connectivity index (χ1v) is 5.85. The molecule has 0 aromatic rings. The van der Waals surface area contributed by atoms with Gasteiger partial charge in [-0.2, -0.15) is 0 Å². The number of fused-ring (bicyclic) bond motifs is 1. The Balaban J connectivity index is 1.92. The molecule has 4 saturated carbocycles. The highest BCUT2D eigenvalue weighted by Crippen LogP contribution is 2.54. The van der Waals surface area contributed by atoms with Gasteiger partial charge in [0.2, 0.25) is 0 Å². The Labute approximate surface area is 80.8 Å². The van der Waals surface area contributed by atoms with E-state index in [0.29, 0.717) is 5.60 Å². The average Bonchev–Trinajstić information content (AvgIpc) is 2.33. The molecule has 4 fully saturated rings. The lowest BCUT2D eigenvalue weighted by molar-refractivity contribution is -0.0999. The molecule has 1 heteroatoms. The quantitative estimate of drug-likeness (QED) is 0.602. The lowest BCUT2D eigenvalue weighted by Gasteiger charge is -2.47. The minimum absolute atomic E-state index is 0.326. The molecule has 13 heavy (non-hydrogen) atoms. The first kappa shape index (κ1) is 8.28. The number of methoxy groups -OCH3 is 1. The van der Waals surface area contributed by atoms with Crippen molar-refractivity contribution in [3.05, 3.63) is 0 Å². The third kappa shape index (κ3) is 1.24. The maximum Gasteiger partial charge on any atom is 0.0686 e. The zero-order valence-corrected chi connectivity index (χ0v) is 8.59. The summed E-state index contributed by atoms with van der Waals surface area (Å²) in [6.07, 6.45) is 10.1. The molecule has 2 atom stereocenters. The van der Waals surface area contributed by atoms with Gasteiger partial charge in [0.15, 0.2) is 0 Å². The Kier molecular flexibility index (Phi) is 1.74. The van der Waals surface area contributed by atoms with Gasteiger partial charge in [-0.3, -0.25) is 0 Å². The molecule has 0 aliphatic heterocycles. The molecule has 0 aromatic carbocycles. The molecule has 4 bridgehead atoms. The van der Waals surface area contributed by atoms with Gasteiger partial charge in [0.05, 0.1) is 5.60 Å². The fraction of sp³-hybridized carbons (Fsp3) is 1.00. The van der Waals surface area contributed by atoms with Crippen molar-refractivity contribution in [2.75, 3.05) is 7.11 Å². The summed E-state index contributed by atoms with van der Waals surface area (Å²) in [5, 5.41) is 0. The van der Waals surface area contributed by atoms with Crippen molar-refractivity contribution in [2.45, 2.75) is 50.5 Å². The van der Waals surface area contributed by atoms with Crippen molar-refractivity contribution in [1.82, 2.24) is 0 Å². The van der Waals surface area contributed by atoms with Crippen LogP contribution in [0.2, 0.25) is 0 Å². The van der Waals surface area contributed by atoms with E-state index < -0.39 is 0 Å². The van der Waals surface area contributed by atoms with Crippen molar-refractivity contribution in [2.24, 2.45) is 17.8 Å². The van der Waals surface area contributed by atoms with Gasteiger partial charge in [-0.25, -0.2) is 0 Å². The van der Waals surface area contributed by atoms with Gasteiger partial charge in [-0.15, -0.1) is 0 Å². The highest BCUT2D eigenvalue weighted by Gasteiger charge is 2.48. The van der Waals surface area contributed by atoms with Crippen LogP contribution in [0.4, 0.5) is 0 Å². The van der Waals surface area contributed by atoms with Crippen LogP contribution in [-0.2, 0) is 4.74 Å². The van der Waals surface area contributed by atoms with Crippen LogP contribution >= 0.6 is 0 Å². The SMILES string of the molecule is COC12CC3CCC(CC(C3)C1)C2. The zero-order valence-electron chi connectivity index (χ0n) is 8.59. The lowest BCUT2D eigenvalue weighted by Crippen LogP contribution is -2.44. The molecule has 0 spiro atoms. The van der Waals surface area contributed by atoms with Gasteiger partial charge < -0.3 is 4.74 Å². The van der Waals surface area contributed by atoms with E-state index in [0.717, 1.165) is 17.8 Å². The first-order valence-electron chi connectivity index (χ1n) is 5.85. The van der Waals surface area contributed by atoms with Crippen LogP contribution in [-0.4, -0.2) is 12.7 Å². The molecule has 0 N–H and O–H groups in total. The van der Waals surface area contributed by atoms with Gasteiger partial charge in [-0.1, -0.05) is 12.8 Å². The standard InChI is InChI=1S/C12H20O/c1-13-12-6-9-2-3-10(7-12)5-11(4-9)8-12/h9-11H,2-8H2,1H3. The van der Waals surface area contributed by atoms with Crippen LogP contribution in [0.25, 0.3) is 0 Å². The second-order valence-corrected chi connectivity index (χ2v) is 5.65. The van der Waals surface area contributed by atoms with Crippen molar-refractivity contribution in [3.8, 4) is 0 Å². The third-order valence-electron chi connectivity index (χ3n) is 4.73. The van der Waals surface area contributed by atoms with Crippen LogP contribution in [0.3, 0.4) is 0 Å². The topological polar surface area (TPSA) is 9.23 Å². The lowest BCUT2D eigenvalue weighted by atomic mass is 9.65. The van der Waals surface area contributed by atoms with Crippen LogP contribution < -0.4 is 0 Å². The van der Waals surface area contributed by atoms with E-state index in [2.05, 4.69) is 0 Å². The Hall–Kier alpha value is -0.0400. The predicted octanol–water partition coefficient (Wildman–Crippen LogP) is 2.99. The average molecular weight is 180 g/mol. The first-order chi connectivity index (χ1) is 6.30. The molecule has 2 unspecified atom stereocenters. The highest BCUT2D eigenvalue weighted by atomic mass is 16.5. The summed E-state index contributed by atoms with van der Waals surface area (Å²) in [6.45, 7) is 0. The fourth-order valence-electron chi connectivity index (χ4n) is 4.36. The van der Waals surface area contributed by atoms with Gasteiger partial charge in [0.25, 0.3) is 0 Å². The molecule has 74 valence electrons. The van der Waals surface area contributed by atoms with E-state index in [4.69, 9.17) is 4.74 Å². The summed E-state index contributed by atoms with van der Waals surface area (Å²) in [7, 11) is 1.94. The Morgan fingerprint density at radius 2 is 1.46 bits per heavy atom. The molecule has 0 radical (unpaired) electrons. The number of hydrogen-bond donors (Lipinski definition) is 0. The summed E-state index contributed by atoms with van der Waals surface area (Å²) in [5.74, 6) is 3.03. The molecular weight excluding hydrogens is 160 g/mol. The maximum absolute atomic E-state index is 5.83. The third-order valence-corrected chi connectivity index (χ3v) is 4.73. The fourth-order valence-corrected chi connectivity index (χ4v) is 4.36. The molecule has 4 aliphatic rings. The minimum atomic E-state index is 0.326. The number of hydrogen-bond acceptors (Lipinski definition) is 1. The molecule has 4 rings (SSSR count). The Morgan fingerprint density at radius 3 is 2.00 bits per heavy atom. The summed E-state index contributed by atoms with van der Waals surface area (Å²) in [5.41, 5.74) is 0.326. The normalized spacial score (nSPS) is 53.8. The highest BCUT2D eigenvalue weighted by molar-refractivity contribution is 5.00. The molecule has 0 heterocycles. The van der Waals surface area contributed by atoms with E-state index in [1.54, 1.807) is 0 Å². The summed E-state index contributed by atoms with van der Waals surface area (Å²) >= 11 is 0. The predicted molar refractivity (Wildman–Crippen MR) is 52.5 cm³/mol. The van der Waals surface area contributed by atoms with Crippen molar-refractivity contribution in [1.29, 1.82) is 0 Å². The van der Waals surface area contributed by atoms with Crippen LogP contribution in [0.1, 0.15) is 44.9 Å². The molecular formula is C12H20O. The molecule has 0 saturated heterocycles. The number of ether oxygens (including phenoxy) is 1. The summed E-state index contributed by atoms with van der Waals surface area (Å²) < 4.78 is 5.83. The van der Waals surface area contributed by atoms with Crippen LogP contribution in [0, 0.1) is 17.8 Å². The largest absolute Gasteiger partial charge is 0.378 e. The van der Waals surface area contributed by atoms with Gasteiger partial charge in [0, 0.05) is 7.11 Å². The Bertz CT molecular complexity index is 195. The molecule has 4 aliphatic carbocycles. The van der Waals surface area contributed by atoms with E-state index >= 15 is 0 Å². The van der Waals surface area contributed by atoms with Gasteiger partial charge in [-0.05, 0) is 49.9 Å². The maximum atomic E-state index is 5.83. The van der Waals surface area contributed by atoms with Crippen LogP contribution in [0.15, 0.2) is 0 Å². The van der Waals surface area contributed by atoms with E-state index in [9.17, 15) is 0 Å². The summed E-state index contributed by atoms with van der Waals surface area (Å²) in [6, 6.07) is 0. The van der Waals surface area contributed by atoms with Gasteiger partial charge >= 0.3 is 0 Å². The Morgan fingerprint density at radius 1 is 0.923 bits per heavy atom. The molecule has 0 amide bonds. The smallest absolute Gasteiger partial charge is 0.0686 e. The molecule has 1 nitrogen and oxygen atoms in total. The van der Waals surface area contributed by atoms with Crippen molar-refractivity contribution < 1.29 is 4.74 Å². The zero-order chi connectivity index (χ0) is 8.89. The minimum Gasteiger partial charge on any atom is -0.378 e. The second kappa shape index (κ2) is 2.73. The second-order valence-electron chi connectivity index (χ2n) is 5.65. The summed E-state index contributed by atoms with van der Waals surface area (Å²) in [4.78, 5) is 0. The van der Waals surface area contributed by atoms with Crippen LogP contribution in [0.5, 0.6) is 0 Å². The molecule has 0 aromatic heterocycles.